The Kier molecular flexibility index (Phi) is 9.36. The van der Waals surface area contributed by atoms with E-state index in [4.69, 9.17) is 23.1 Å². The molecule has 2 heterocycles. The van der Waals surface area contributed by atoms with Crippen LogP contribution in [0.25, 0.3) is 20.4 Å². The summed E-state index contributed by atoms with van der Waals surface area (Å²) < 4.78 is 50.3. The summed E-state index contributed by atoms with van der Waals surface area (Å²) in [5.74, 6) is 0.598. The highest BCUT2D eigenvalue weighted by atomic mass is 127. The van der Waals surface area contributed by atoms with Crippen molar-refractivity contribution in [2.45, 2.75) is 22.6 Å². The van der Waals surface area contributed by atoms with Gasteiger partial charge in [-0.3, -0.25) is 0 Å². The predicted molar refractivity (Wildman–Crippen MR) is 151 cm³/mol. The number of benzene rings is 2. The maximum absolute atomic E-state index is 12.0. The summed E-state index contributed by atoms with van der Waals surface area (Å²) in [6.07, 6.45) is 1.12. The maximum atomic E-state index is 12.0. The van der Waals surface area contributed by atoms with Crippen molar-refractivity contribution in [2.75, 3.05) is 33.3 Å². The highest BCUT2D eigenvalue weighted by Gasteiger charge is 2.16. The van der Waals surface area contributed by atoms with Gasteiger partial charge in [0.1, 0.15) is 0 Å². The fourth-order valence-electron chi connectivity index (χ4n) is 2.96. The quantitative estimate of drug-likeness (QED) is 0.201. The molecule has 4 N–H and O–H groups in total. The minimum atomic E-state index is -3.25. The van der Waals surface area contributed by atoms with Gasteiger partial charge >= 0.3 is 0 Å². The Hall–Kier alpha value is -1.26. The van der Waals surface area contributed by atoms with Crippen molar-refractivity contribution in [3.8, 4) is 0 Å². The molecule has 0 aliphatic rings. The highest BCUT2D eigenvalue weighted by Crippen LogP contribution is 2.28. The van der Waals surface area contributed by atoms with E-state index in [1.165, 1.54) is 22.7 Å². The van der Waals surface area contributed by atoms with Crippen LogP contribution in [0.1, 0.15) is 12.8 Å². The van der Waals surface area contributed by atoms with E-state index < -0.39 is 19.7 Å². The molecule has 0 atom stereocenters. The van der Waals surface area contributed by atoms with Crippen molar-refractivity contribution in [2.24, 2.45) is 0 Å². The molecular weight excluding hydrogens is 651 g/mol. The summed E-state index contributed by atoms with van der Waals surface area (Å²) in [5, 5.41) is 0.900. The first-order chi connectivity index (χ1) is 16.1. The molecule has 8 nitrogen and oxygen atoms in total. The third-order valence-electron chi connectivity index (χ3n) is 4.56. The Morgan fingerprint density at radius 2 is 1.24 bits per heavy atom. The Morgan fingerprint density at radius 1 is 0.794 bits per heavy atom. The van der Waals surface area contributed by atoms with E-state index in [0.29, 0.717) is 38.8 Å². The van der Waals surface area contributed by atoms with Crippen molar-refractivity contribution >= 4 is 107 Å². The van der Waals surface area contributed by atoms with Crippen LogP contribution in [0.5, 0.6) is 0 Å². The molecule has 0 saturated carbocycles. The number of nitrogens with zero attached hydrogens (tertiary/aromatic N) is 2. The lowest BCUT2D eigenvalue weighted by Crippen LogP contribution is -2.07. The molecule has 0 radical (unpaired) electrons. The second-order valence-electron chi connectivity index (χ2n) is 7.09. The number of sulfone groups is 2. The molecule has 14 heteroatoms. The van der Waals surface area contributed by atoms with Gasteiger partial charge in [0.2, 0.25) is 0 Å². The van der Waals surface area contributed by atoms with Crippen LogP contribution in [-0.4, -0.2) is 48.6 Å². The van der Waals surface area contributed by atoms with E-state index in [1.807, 2.05) is 0 Å². The van der Waals surface area contributed by atoms with Crippen LogP contribution in [0.2, 0.25) is 0 Å². The number of anilines is 2. The second kappa shape index (κ2) is 11.6. The fourth-order valence-corrected chi connectivity index (χ4v) is 8.51. The van der Waals surface area contributed by atoms with E-state index in [9.17, 15) is 16.8 Å². The number of aromatic nitrogens is 2. The minimum absolute atomic E-state index is 0.0658. The van der Waals surface area contributed by atoms with E-state index in [1.54, 1.807) is 36.4 Å². The zero-order chi connectivity index (χ0) is 24.9. The summed E-state index contributed by atoms with van der Waals surface area (Å²) in [6.45, 7) is 0. The number of fused-ring (bicyclic) bond motifs is 2. The number of hydrogen-bond acceptors (Lipinski definition) is 10. The summed E-state index contributed by atoms with van der Waals surface area (Å²) >= 11 is 10.3. The van der Waals surface area contributed by atoms with Crippen molar-refractivity contribution in [3.63, 3.8) is 0 Å². The zero-order valence-electron chi connectivity index (χ0n) is 17.8. The van der Waals surface area contributed by atoms with E-state index in [0.717, 1.165) is 24.9 Å². The van der Waals surface area contributed by atoms with Gasteiger partial charge in [-0.1, -0.05) is 45.3 Å². The number of nitrogens with two attached hydrogens (primary N) is 2. The molecule has 34 heavy (non-hydrogen) atoms. The number of rotatable bonds is 8. The van der Waals surface area contributed by atoms with Crippen LogP contribution in [0, 0.1) is 0 Å². The van der Waals surface area contributed by atoms with Gasteiger partial charge in [-0.05, 0) is 49.2 Å². The monoisotopic (exact) mass is 672 g/mol. The summed E-state index contributed by atoms with van der Waals surface area (Å²) in [6, 6.07) is 9.82. The van der Waals surface area contributed by atoms with Crippen LogP contribution in [0.15, 0.2) is 46.2 Å². The minimum Gasteiger partial charge on any atom is -0.375 e. The average Bonchev–Trinajstić information content (AvgIpc) is 3.35. The van der Waals surface area contributed by atoms with Gasteiger partial charge in [0.15, 0.2) is 29.9 Å². The number of hydrogen-bond donors (Lipinski definition) is 2. The van der Waals surface area contributed by atoms with E-state index in [-0.39, 0.29) is 11.5 Å². The number of nitrogen functional groups attached to an aromatic ring is 2. The average molecular weight is 673 g/mol. The zero-order valence-corrected chi connectivity index (χ0v) is 24.0. The topological polar surface area (TPSA) is 146 Å². The van der Waals surface area contributed by atoms with E-state index >= 15 is 0 Å². The summed E-state index contributed by atoms with van der Waals surface area (Å²) in [5.41, 5.74) is 12.6. The van der Waals surface area contributed by atoms with Crippen LogP contribution < -0.4 is 11.5 Å². The second-order valence-corrected chi connectivity index (χ2v) is 14.9. The van der Waals surface area contributed by atoms with E-state index in [2.05, 4.69) is 32.6 Å². The smallest absolute Gasteiger partial charge is 0.181 e. The van der Waals surface area contributed by atoms with Crippen LogP contribution in [0.3, 0.4) is 0 Å². The van der Waals surface area contributed by atoms with Crippen molar-refractivity contribution < 1.29 is 16.8 Å². The Morgan fingerprint density at radius 3 is 1.65 bits per heavy atom. The number of thiazole rings is 2. The standard InChI is InChI=1S/C10H11ClN2O2S2.C10H11IN2O2S2/c2*11-4-1-5-17(14,15)7-2-3-8-9(6-7)16-10(12)13-8/h2*2-3,6H,1,4-5H2,(H2,12,13). The SMILES string of the molecule is Nc1nc2ccc(S(=O)(=O)CCCCl)cc2s1.Nc1nc2ccc(S(=O)(=O)CCCI)cc2s1. The predicted octanol–water partition coefficient (Wildman–Crippen LogP) is 4.76. The van der Waals surface area contributed by atoms with Gasteiger partial charge in [-0.25, -0.2) is 26.8 Å². The third kappa shape index (κ3) is 6.91. The molecule has 2 aromatic heterocycles. The molecular formula is C20H22ClIN4O4S4. The highest BCUT2D eigenvalue weighted by molar-refractivity contribution is 14.1. The van der Waals surface area contributed by atoms with Crippen LogP contribution in [-0.2, 0) is 19.7 Å². The summed E-state index contributed by atoms with van der Waals surface area (Å²) in [4.78, 5) is 8.84. The molecule has 4 aromatic rings. The molecule has 0 spiro atoms. The Balaban J connectivity index is 0.000000191. The number of alkyl halides is 2. The van der Waals surface area contributed by atoms with Crippen molar-refractivity contribution in [3.05, 3.63) is 36.4 Å². The Bertz CT molecular complexity index is 1390. The maximum Gasteiger partial charge on any atom is 0.181 e. The van der Waals surface area contributed by atoms with Gasteiger partial charge in [-0.2, -0.15) is 0 Å². The van der Waals surface area contributed by atoms with Gasteiger partial charge in [0.05, 0.1) is 41.7 Å². The first-order valence-corrected chi connectivity index (χ1v) is 16.9. The lowest BCUT2D eigenvalue weighted by molar-refractivity contribution is 0.593. The molecule has 0 amide bonds. The molecule has 4 rings (SSSR count). The molecule has 0 saturated heterocycles. The van der Waals surface area contributed by atoms with Gasteiger partial charge in [0, 0.05) is 10.3 Å². The van der Waals surface area contributed by atoms with Crippen LogP contribution >= 0.6 is 56.9 Å². The summed E-state index contributed by atoms with van der Waals surface area (Å²) in [7, 11) is -6.42. The molecule has 0 unspecified atom stereocenters. The van der Waals surface area contributed by atoms with Crippen molar-refractivity contribution in [1.29, 1.82) is 0 Å². The largest absolute Gasteiger partial charge is 0.375 e. The van der Waals surface area contributed by atoms with Crippen molar-refractivity contribution in [1.82, 2.24) is 9.97 Å². The molecule has 0 aliphatic carbocycles. The molecule has 2 aromatic carbocycles. The Labute approximate surface area is 224 Å². The van der Waals surface area contributed by atoms with Gasteiger partial charge in [0.25, 0.3) is 0 Å². The first-order valence-electron chi connectivity index (χ1n) is 9.95. The lowest BCUT2D eigenvalue weighted by Gasteiger charge is -2.02. The normalized spacial score (nSPS) is 12.1. The molecule has 184 valence electrons. The lowest BCUT2D eigenvalue weighted by atomic mass is 10.3. The first kappa shape index (κ1) is 27.3. The van der Waals surface area contributed by atoms with Gasteiger partial charge in [-0.15, -0.1) is 11.6 Å². The molecule has 0 aliphatic heterocycles. The fraction of sp³-hybridized carbons (Fsp3) is 0.300. The molecule has 0 fully saturated rings. The molecule has 0 bridgehead atoms. The van der Waals surface area contributed by atoms with Gasteiger partial charge < -0.3 is 11.5 Å². The third-order valence-corrected chi connectivity index (χ3v) is 10.9. The number of halogens is 2. The van der Waals surface area contributed by atoms with Crippen LogP contribution in [0.4, 0.5) is 10.3 Å².